The van der Waals surface area contributed by atoms with Crippen LogP contribution in [0.25, 0.3) is 0 Å². The molecule has 0 aliphatic carbocycles. The lowest BCUT2D eigenvalue weighted by Crippen LogP contribution is -2.37. The van der Waals surface area contributed by atoms with Gasteiger partial charge >= 0.3 is 0 Å². The molecular weight excluding hydrogens is 209 g/mol. The molecular formula is C11H16FN3O. The van der Waals surface area contributed by atoms with E-state index in [1.165, 1.54) is 12.1 Å². The van der Waals surface area contributed by atoms with Gasteiger partial charge in [-0.25, -0.2) is 4.39 Å². The molecule has 0 heterocycles. The van der Waals surface area contributed by atoms with Crippen LogP contribution in [0.3, 0.4) is 0 Å². The number of rotatable bonds is 5. The number of halogens is 1. The van der Waals surface area contributed by atoms with Crippen LogP contribution in [0.4, 0.5) is 4.39 Å². The van der Waals surface area contributed by atoms with E-state index in [0.29, 0.717) is 6.54 Å². The molecule has 1 atom stereocenters. The minimum absolute atomic E-state index is 0.0956. The van der Waals surface area contributed by atoms with Crippen LogP contribution in [-0.2, 0) is 4.79 Å². The van der Waals surface area contributed by atoms with E-state index in [0.717, 1.165) is 5.56 Å². The Labute approximate surface area is 94.0 Å². The Morgan fingerprint density at radius 2 is 2.25 bits per heavy atom. The van der Waals surface area contributed by atoms with Crippen molar-refractivity contribution in [2.45, 2.75) is 6.04 Å². The molecule has 0 aliphatic heterocycles. The van der Waals surface area contributed by atoms with Crippen LogP contribution in [-0.4, -0.2) is 30.9 Å². The summed E-state index contributed by atoms with van der Waals surface area (Å²) < 4.78 is 13.0. The number of benzene rings is 1. The molecule has 5 heteroatoms. The molecule has 88 valence electrons. The minimum Gasteiger partial charge on any atom is -0.369 e. The molecule has 1 unspecified atom stereocenters. The zero-order valence-electron chi connectivity index (χ0n) is 9.19. The fraction of sp³-hybridized carbons (Fsp3) is 0.364. The molecule has 4 N–H and O–H groups in total. The van der Waals surface area contributed by atoms with E-state index in [9.17, 15) is 9.18 Å². The average Bonchev–Trinajstić information content (AvgIpc) is 2.17. The van der Waals surface area contributed by atoms with Crippen molar-refractivity contribution < 1.29 is 9.18 Å². The van der Waals surface area contributed by atoms with Crippen LogP contribution in [0, 0.1) is 5.82 Å². The fourth-order valence-corrected chi connectivity index (χ4v) is 1.64. The van der Waals surface area contributed by atoms with Gasteiger partial charge in [-0.3, -0.25) is 9.69 Å². The molecule has 1 aromatic carbocycles. The van der Waals surface area contributed by atoms with Crippen molar-refractivity contribution in [2.24, 2.45) is 11.5 Å². The van der Waals surface area contributed by atoms with E-state index in [4.69, 9.17) is 11.5 Å². The third-order valence-electron chi connectivity index (χ3n) is 2.39. The number of likely N-dealkylation sites (N-methyl/N-ethyl adjacent to an activating group) is 1. The summed E-state index contributed by atoms with van der Waals surface area (Å²) in [5.41, 5.74) is 11.5. The normalized spacial score (nSPS) is 12.8. The predicted octanol–water partition coefficient (Wildman–Crippen LogP) is 0.243. The first-order valence-electron chi connectivity index (χ1n) is 4.98. The largest absolute Gasteiger partial charge is 0.369 e. The number of carbonyl (C=O) groups excluding carboxylic acids is 1. The Morgan fingerprint density at radius 1 is 1.56 bits per heavy atom. The standard InChI is InChI=1S/C11H16FN3O/c1-15(7-11(14)16)10(6-13)8-3-2-4-9(12)5-8/h2-5,10H,6-7,13H2,1H3,(H2,14,16). The molecule has 1 amide bonds. The fourth-order valence-electron chi connectivity index (χ4n) is 1.64. The van der Waals surface area contributed by atoms with E-state index in [1.54, 1.807) is 24.1 Å². The van der Waals surface area contributed by atoms with E-state index in [1.807, 2.05) is 0 Å². The van der Waals surface area contributed by atoms with Crippen LogP contribution >= 0.6 is 0 Å². The van der Waals surface area contributed by atoms with Crippen molar-refractivity contribution in [1.82, 2.24) is 4.90 Å². The van der Waals surface area contributed by atoms with Gasteiger partial charge in [-0.1, -0.05) is 12.1 Å². The zero-order valence-corrected chi connectivity index (χ0v) is 9.19. The molecule has 0 bridgehead atoms. The Hall–Kier alpha value is -1.46. The van der Waals surface area contributed by atoms with E-state index < -0.39 is 5.91 Å². The highest BCUT2D eigenvalue weighted by molar-refractivity contribution is 5.75. The van der Waals surface area contributed by atoms with Gasteiger partial charge in [0.15, 0.2) is 0 Å². The van der Waals surface area contributed by atoms with Gasteiger partial charge < -0.3 is 11.5 Å². The van der Waals surface area contributed by atoms with Crippen molar-refractivity contribution in [2.75, 3.05) is 20.1 Å². The summed E-state index contributed by atoms with van der Waals surface area (Å²) in [6.07, 6.45) is 0. The van der Waals surface area contributed by atoms with Crippen LogP contribution in [0.2, 0.25) is 0 Å². The monoisotopic (exact) mass is 225 g/mol. The predicted molar refractivity (Wildman–Crippen MR) is 60.0 cm³/mol. The lowest BCUT2D eigenvalue weighted by molar-refractivity contribution is -0.119. The maximum Gasteiger partial charge on any atom is 0.231 e. The first-order chi connectivity index (χ1) is 7.54. The Morgan fingerprint density at radius 3 is 2.75 bits per heavy atom. The van der Waals surface area contributed by atoms with Crippen molar-refractivity contribution in [3.05, 3.63) is 35.6 Å². The number of hydrogen-bond donors (Lipinski definition) is 2. The number of nitrogens with zero attached hydrogens (tertiary/aromatic N) is 1. The van der Waals surface area contributed by atoms with Gasteiger partial charge in [-0.15, -0.1) is 0 Å². The third-order valence-corrected chi connectivity index (χ3v) is 2.39. The van der Waals surface area contributed by atoms with Gasteiger partial charge in [0.05, 0.1) is 6.54 Å². The summed E-state index contributed by atoms with van der Waals surface area (Å²) in [7, 11) is 1.73. The number of primary amides is 1. The maximum atomic E-state index is 13.0. The molecule has 4 nitrogen and oxygen atoms in total. The topological polar surface area (TPSA) is 72.3 Å². The summed E-state index contributed by atoms with van der Waals surface area (Å²) in [5.74, 6) is -0.749. The van der Waals surface area contributed by atoms with Gasteiger partial charge in [0.1, 0.15) is 5.82 Å². The van der Waals surface area contributed by atoms with E-state index in [2.05, 4.69) is 0 Å². The number of carbonyl (C=O) groups is 1. The van der Waals surface area contributed by atoms with Gasteiger partial charge in [-0.2, -0.15) is 0 Å². The third kappa shape index (κ3) is 3.29. The number of amides is 1. The summed E-state index contributed by atoms with van der Waals surface area (Å²) in [5, 5.41) is 0. The second-order valence-electron chi connectivity index (χ2n) is 3.69. The quantitative estimate of drug-likeness (QED) is 0.754. The number of nitrogens with two attached hydrogens (primary N) is 2. The van der Waals surface area contributed by atoms with Crippen molar-refractivity contribution >= 4 is 5.91 Å². The summed E-state index contributed by atoms with van der Waals surface area (Å²) >= 11 is 0. The SMILES string of the molecule is CN(CC(N)=O)C(CN)c1cccc(F)c1. The smallest absolute Gasteiger partial charge is 0.231 e. The lowest BCUT2D eigenvalue weighted by atomic mass is 10.1. The minimum atomic E-state index is -0.433. The summed E-state index contributed by atoms with van der Waals surface area (Å²) in [6.45, 7) is 0.394. The Kier molecular flexibility index (Phi) is 4.39. The molecule has 0 spiro atoms. The molecule has 16 heavy (non-hydrogen) atoms. The molecule has 0 saturated carbocycles. The second kappa shape index (κ2) is 5.58. The Balaban J connectivity index is 2.85. The molecule has 0 saturated heterocycles. The van der Waals surface area contributed by atoms with Gasteiger partial charge in [0.2, 0.25) is 5.91 Å². The highest BCUT2D eigenvalue weighted by Crippen LogP contribution is 2.18. The molecule has 0 radical (unpaired) electrons. The highest BCUT2D eigenvalue weighted by atomic mass is 19.1. The summed E-state index contributed by atoms with van der Waals surface area (Å²) in [4.78, 5) is 12.5. The first-order valence-corrected chi connectivity index (χ1v) is 4.98. The molecule has 0 aromatic heterocycles. The molecule has 0 fully saturated rings. The second-order valence-corrected chi connectivity index (χ2v) is 3.69. The zero-order chi connectivity index (χ0) is 12.1. The molecule has 0 aliphatic rings. The highest BCUT2D eigenvalue weighted by Gasteiger charge is 2.17. The van der Waals surface area contributed by atoms with E-state index in [-0.39, 0.29) is 18.4 Å². The maximum absolute atomic E-state index is 13.0. The average molecular weight is 225 g/mol. The van der Waals surface area contributed by atoms with Gasteiger partial charge in [0, 0.05) is 12.6 Å². The van der Waals surface area contributed by atoms with Crippen molar-refractivity contribution in [1.29, 1.82) is 0 Å². The van der Waals surface area contributed by atoms with Crippen LogP contribution in [0.1, 0.15) is 11.6 Å². The van der Waals surface area contributed by atoms with Crippen LogP contribution in [0.15, 0.2) is 24.3 Å². The lowest BCUT2D eigenvalue weighted by Gasteiger charge is -2.26. The Bertz CT molecular complexity index is 370. The van der Waals surface area contributed by atoms with E-state index >= 15 is 0 Å². The first kappa shape index (κ1) is 12.6. The van der Waals surface area contributed by atoms with Crippen molar-refractivity contribution in [3.63, 3.8) is 0 Å². The van der Waals surface area contributed by atoms with Crippen LogP contribution in [0.5, 0.6) is 0 Å². The van der Waals surface area contributed by atoms with Gasteiger partial charge in [0.25, 0.3) is 0 Å². The van der Waals surface area contributed by atoms with Crippen LogP contribution < -0.4 is 11.5 Å². The molecule has 1 aromatic rings. The van der Waals surface area contributed by atoms with Gasteiger partial charge in [-0.05, 0) is 24.7 Å². The number of hydrogen-bond acceptors (Lipinski definition) is 3. The molecule has 1 rings (SSSR count). The van der Waals surface area contributed by atoms with Crippen molar-refractivity contribution in [3.8, 4) is 0 Å². The summed E-state index contributed by atoms with van der Waals surface area (Å²) in [6, 6.07) is 5.96.